The maximum Gasteiger partial charge on any atom is 0.134 e. The van der Waals surface area contributed by atoms with Gasteiger partial charge in [-0.1, -0.05) is 6.92 Å². The molecule has 0 aromatic heterocycles. The van der Waals surface area contributed by atoms with Crippen LogP contribution in [-0.4, -0.2) is 25.4 Å². The number of fused-ring (bicyclic) bond motifs is 1. The van der Waals surface area contributed by atoms with Gasteiger partial charge in [-0.05, 0) is 37.6 Å². The third kappa shape index (κ3) is 2.47. The molecule has 19 heavy (non-hydrogen) atoms. The molecule has 2 aliphatic rings. The summed E-state index contributed by atoms with van der Waals surface area (Å²) in [5.41, 5.74) is 0.689. The zero-order valence-corrected chi connectivity index (χ0v) is 11.2. The average molecular weight is 265 g/mol. The van der Waals surface area contributed by atoms with Crippen molar-refractivity contribution in [2.75, 3.05) is 19.8 Å². The van der Waals surface area contributed by atoms with E-state index in [1.54, 1.807) is 12.1 Å². The fourth-order valence-corrected chi connectivity index (χ4v) is 3.14. The van der Waals surface area contributed by atoms with Crippen LogP contribution in [0.15, 0.2) is 18.2 Å². The van der Waals surface area contributed by atoms with E-state index in [0.29, 0.717) is 6.61 Å². The van der Waals surface area contributed by atoms with Gasteiger partial charge < -0.3 is 14.8 Å². The SMILES string of the molecule is CCNC1CC2(CCCOC2)Oc2ccc(F)cc21. The molecular formula is C15H20FNO2. The van der Waals surface area contributed by atoms with Gasteiger partial charge in [-0.2, -0.15) is 0 Å². The van der Waals surface area contributed by atoms with E-state index in [9.17, 15) is 4.39 Å². The average Bonchev–Trinajstić information content (AvgIpc) is 2.41. The molecule has 0 bridgehead atoms. The lowest BCUT2D eigenvalue weighted by molar-refractivity contribution is -0.0855. The molecule has 2 heterocycles. The van der Waals surface area contributed by atoms with Crippen molar-refractivity contribution in [2.45, 2.75) is 37.8 Å². The van der Waals surface area contributed by atoms with Crippen molar-refractivity contribution >= 4 is 0 Å². The molecule has 1 fully saturated rings. The van der Waals surface area contributed by atoms with Crippen LogP contribution in [0.2, 0.25) is 0 Å². The first kappa shape index (κ1) is 12.9. The largest absolute Gasteiger partial charge is 0.484 e. The summed E-state index contributed by atoms with van der Waals surface area (Å²) in [5.74, 6) is 0.588. The minimum Gasteiger partial charge on any atom is -0.484 e. The lowest BCUT2D eigenvalue weighted by atomic mass is 9.83. The molecule has 0 radical (unpaired) electrons. The third-order valence-corrected chi connectivity index (χ3v) is 3.99. The van der Waals surface area contributed by atoms with Crippen LogP contribution in [0.1, 0.15) is 37.8 Å². The van der Waals surface area contributed by atoms with E-state index in [2.05, 4.69) is 12.2 Å². The first-order valence-electron chi connectivity index (χ1n) is 7.02. The number of benzene rings is 1. The van der Waals surface area contributed by atoms with E-state index in [1.807, 2.05) is 0 Å². The molecule has 2 unspecified atom stereocenters. The number of nitrogens with one attached hydrogen (secondary N) is 1. The molecule has 0 aliphatic carbocycles. The number of rotatable bonds is 2. The molecule has 2 aliphatic heterocycles. The van der Waals surface area contributed by atoms with Crippen LogP contribution in [0.3, 0.4) is 0 Å². The molecule has 1 aromatic carbocycles. The molecular weight excluding hydrogens is 245 g/mol. The fourth-order valence-electron chi connectivity index (χ4n) is 3.14. The molecule has 3 rings (SSSR count). The minimum absolute atomic E-state index is 0.145. The molecule has 1 spiro atoms. The second-order valence-electron chi connectivity index (χ2n) is 5.44. The van der Waals surface area contributed by atoms with Gasteiger partial charge in [-0.3, -0.25) is 0 Å². The van der Waals surface area contributed by atoms with Crippen molar-refractivity contribution < 1.29 is 13.9 Å². The van der Waals surface area contributed by atoms with Crippen LogP contribution in [0, 0.1) is 5.82 Å². The smallest absolute Gasteiger partial charge is 0.134 e. The number of hydrogen-bond acceptors (Lipinski definition) is 3. The Morgan fingerprint density at radius 2 is 2.37 bits per heavy atom. The van der Waals surface area contributed by atoms with E-state index in [1.165, 1.54) is 6.07 Å². The van der Waals surface area contributed by atoms with Gasteiger partial charge in [0.15, 0.2) is 0 Å². The Kier molecular flexibility index (Phi) is 3.46. The van der Waals surface area contributed by atoms with Crippen LogP contribution < -0.4 is 10.1 Å². The van der Waals surface area contributed by atoms with Crippen LogP contribution >= 0.6 is 0 Å². The standard InChI is InChI=1S/C15H20FNO2/c1-2-17-13-9-15(6-3-7-18-10-15)19-14-5-4-11(16)8-12(13)14/h4-5,8,13,17H,2-3,6-7,9-10H2,1H3. The molecule has 0 saturated carbocycles. The van der Waals surface area contributed by atoms with E-state index in [4.69, 9.17) is 9.47 Å². The van der Waals surface area contributed by atoms with Crippen molar-refractivity contribution in [1.29, 1.82) is 0 Å². The summed E-state index contributed by atoms with van der Waals surface area (Å²) in [6.07, 6.45) is 2.87. The summed E-state index contributed by atoms with van der Waals surface area (Å²) in [6, 6.07) is 4.93. The van der Waals surface area contributed by atoms with Gasteiger partial charge in [0, 0.05) is 24.6 Å². The van der Waals surface area contributed by atoms with Crippen LogP contribution in [0.25, 0.3) is 0 Å². The summed E-state index contributed by atoms with van der Waals surface area (Å²) in [4.78, 5) is 0. The molecule has 104 valence electrons. The first-order valence-corrected chi connectivity index (χ1v) is 7.02. The zero-order chi connectivity index (χ0) is 13.3. The summed E-state index contributed by atoms with van der Waals surface area (Å²) in [5, 5.41) is 3.44. The normalized spacial score (nSPS) is 29.9. The van der Waals surface area contributed by atoms with Crippen LogP contribution in [-0.2, 0) is 4.74 Å². The van der Waals surface area contributed by atoms with Gasteiger partial charge in [0.25, 0.3) is 0 Å². The van der Waals surface area contributed by atoms with E-state index >= 15 is 0 Å². The van der Waals surface area contributed by atoms with Crippen molar-refractivity contribution in [3.8, 4) is 5.75 Å². The third-order valence-electron chi connectivity index (χ3n) is 3.99. The highest BCUT2D eigenvalue weighted by Crippen LogP contribution is 2.43. The van der Waals surface area contributed by atoms with Crippen molar-refractivity contribution in [2.24, 2.45) is 0 Å². The molecule has 1 saturated heterocycles. The predicted molar refractivity (Wildman–Crippen MR) is 70.8 cm³/mol. The van der Waals surface area contributed by atoms with E-state index in [0.717, 1.165) is 43.7 Å². The Bertz CT molecular complexity index is 457. The molecule has 0 amide bonds. The fraction of sp³-hybridized carbons (Fsp3) is 0.600. The van der Waals surface area contributed by atoms with Gasteiger partial charge in [0.05, 0.1) is 6.61 Å². The Balaban J connectivity index is 1.94. The lowest BCUT2D eigenvalue weighted by Gasteiger charge is -2.44. The topological polar surface area (TPSA) is 30.5 Å². The van der Waals surface area contributed by atoms with Gasteiger partial charge >= 0.3 is 0 Å². The molecule has 1 N–H and O–H groups in total. The van der Waals surface area contributed by atoms with Gasteiger partial charge in [-0.25, -0.2) is 4.39 Å². The van der Waals surface area contributed by atoms with Crippen molar-refractivity contribution in [3.05, 3.63) is 29.6 Å². The Morgan fingerprint density at radius 1 is 1.47 bits per heavy atom. The Labute approximate surface area is 113 Å². The number of halogens is 1. The highest BCUT2D eigenvalue weighted by atomic mass is 19.1. The minimum atomic E-state index is -0.240. The second-order valence-corrected chi connectivity index (χ2v) is 5.44. The van der Waals surface area contributed by atoms with E-state index < -0.39 is 0 Å². The first-order chi connectivity index (χ1) is 9.22. The lowest BCUT2D eigenvalue weighted by Crippen LogP contribution is -2.49. The van der Waals surface area contributed by atoms with Crippen LogP contribution in [0.4, 0.5) is 4.39 Å². The molecule has 3 nitrogen and oxygen atoms in total. The second kappa shape index (κ2) is 5.10. The van der Waals surface area contributed by atoms with Gasteiger partial charge in [-0.15, -0.1) is 0 Å². The Hall–Kier alpha value is -1.13. The summed E-state index contributed by atoms with van der Waals surface area (Å²) < 4.78 is 25.2. The monoisotopic (exact) mass is 265 g/mol. The quantitative estimate of drug-likeness (QED) is 0.892. The molecule has 1 aromatic rings. The zero-order valence-electron chi connectivity index (χ0n) is 11.2. The highest BCUT2D eigenvalue weighted by molar-refractivity contribution is 5.39. The number of ether oxygens (including phenoxy) is 2. The van der Waals surface area contributed by atoms with Crippen molar-refractivity contribution in [1.82, 2.24) is 5.32 Å². The van der Waals surface area contributed by atoms with Gasteiger partial charge in [0.2, 0.25) is 0 Å². The van der Waals surface area contributed by atoms with E-state index in [-0.39, 0.29) is 17.5 Å². The van der Waals surface area contributed by atoms with Crippen molar-refractivity contribution in [3.63, 3.8) is 0 Å². The summed E-state index contributed by atoms with van der Waals surface area (Å²) >= 11 is 0. The maximum atomic E-state index is 13.4. The maximum absolute atomic E-state index is 13.4. The predicted octanol–water partition coefficient (Wildman–Crippen LogP) is 2.81. The molecule has 4 heteroatoms. The summed E-state index contributed by atoms with van der Waals surface area (Å²) in [6.45, 7) is 4.37. The molecule has 2 atom stereocenters. The highest BCUT2D eigenvalue weighted by Gasteiger charge is 2.42. The Morgan fingerprint density at radius 3 is 3.11 bits per heavy atom. The summed E-state index contributed by atoms with van der Waals surface area (Å²) in [7, 11) is 0. The van der Waals surface area contributed by atoms with Crippen LogP contribution in [0.5, 0.6) is 5.75 Å². The van der Waals surface area contributed by atoms with Gasteiger partial charge in [0.1, 0.15) is 17.2 Å². The number of hydrogen-bond donors (Lipinski definition) is 1.